The van der Waals surface area contributed by atoms with Gasteiger partial charge in [0.15, 0.2) is 6.61 Å². The molecule has 0 aliphatic carbocycles. The van der Waals surface area contributed by atoms with Crippen molar-refractivity contribution in [3.8, 4) is 5.75 Å². The molecule has 0 unspecified atom stereocenters. The molecule has 1 aromatic rings. The summed E-state index contributed by atoms with van der Waals surface area (Å²) in [5.74, 6) is 0.148. The van der Waals surface area contributed by atoms with Crippen molar-refractivity contribution >= 4 is 23.6 Å². The van der Waals surface area contributed by atoms with Gasteiger partial charge in [-0.3, -0.25) is 9.59 Å². The minimum atomic E-state index is -0.539. The molecule has 8 heteroatoms. The first-order chi connectivity index (χ1) is 12.2. The largest absolute Gasteiger partial charge is 0.482 e. The van der Waals surface area contributed by atoms with E-state index in [1.165, 1.54) is 0 Å². The van der Waals surface area contributed by atoms with Crippen molar-refractivity contribution in [1.82, 2.24) is 9.80 Å². The molecule has 0 atom stereocenters. The van der Waals surface area contributed by atoms with Gasteiger partial charge in [0, 0.05) is 31.7 Å². The lowest BCUT2D eigenvalue weighted by Crippen LogP contribution is -2.51. The summed E-state index contributed by atoms with van der Waals surface area (Å²) in [5, 5.41) is 2.70. The van der Waals surface area contributed by atoms with E-state index in [2.05, 4.69) is 5.32 Å². The molecule has 3 rings (SSSR count). The van der Waals surface area contributed by atoms with Crippen LogP contribution in [0.3, 0.4) is 0 Å². The summed E-state index contributed by atoms with van der Waals surface area (Å²) in [7, 11) is 0. The molecule has 3 amide bonds. The Morgan fingerprint density at radius 2 is 1.77 bits per heavy atom. The van der Waals surface area contributed by atoms with Gasteiger partial charge in [-0.15, -0.1) is 0 Å². The Labute approximate surface area is 152 Å². The SMILES string of the molecule is CC(C)(C)OC(=O)N1CCN(C(=O)c2ccc3c(c2)OCC(=O)N3)CC1. The summed E-state index contributed by atoms with van der Waals surface area (Å²) in [5.41, 5.74) is 0.515. The van der Waals surface area contributed by atoms with Crippen LogP contribution in [0.15, 0.2) is 18.2 Å². The van der Waals surface area contributed by atoms with Gasteiger partial charge in [-0.05, 0) is 39.0 Å². The number of nitrogens with one attached hydrogen (secondary N) is 1. The number of piperazine rings is 1. The fourth-order valence-electron chi connectivity index (χ4n) is 2.81. The maximum Gasteiger partial charge on any atom is 0.410 e. The highest BCUT2D eigenvalue weighted by Gasteiger charge is 2.28. The molecule has 0 spiro atoms. The van der Waals surface area contributed by atoms with E-state index < -0.39 is 5.60 Å². The topological polar surface area (TPSA) is 88.2 Å². The molecule has 140 valence electrons. The number of benzene rings is 1. The summed E-state index contributed by atoms with van der Waals surface area (Å²) >= 11 is 0. The molecule has 8 nitrogen and oxygen atoms in total. The fourth-order valence-corrected chi connectivity index (χ4v) is 2.81. The van der Waals surface area contributed by atoms with Crippen LogP contribution in [0.5, 0.6) is 5.75 Å². The zero-order valence-electron chi connectivity index (χ0n) is 15.2. The lowest BCUT2D eigenvalue weighted by molar-refractivity contribution is -0.118. The van der Waals surface area contributed by atoms with Crippen molar-refractivity contribution < 1.29 is 23.9 Å². The van der Waals surface area contributed by atoms with E-state index in [1.807, 2.05) is 20.8 Å². The number of amides is 3. The maximum absolute atomic E-state index is 12.7. The van der Waals surface area contributed by atoms with Gasteiger partial charge in [-0.1, -0.05) is 0 Å². The third-order valence-electron chi connectivity index (χ3n) is 4.08. The highest BCUT2D eigenvalue weighted by molar-refractivity contribution is 5.99. The van der Waals surface area contributed by atoms with Gasteiger partial charge in [-0.25, -0.2) is 4.79 Å². The first-order valence-corrected chi connectivity index (χ1v) is 8.57. The second kappa shape index (κ2) is 6.86. The predicted molar refractivity (Wildman–Crippen MR) is 94.3 cm³/mol. The Morgan fingerprint density at radius 1 is 1.12 bits per heavy atom. The smallest absolute Gasteiger partial charge is 0.410 e. The van der Waals surface area contributed by atoms with E-state index in [1.54, 1.807) is 28.0 Å². The Hall–Kier alpha value is -2.77. The summed E-state index contributed by atoms with van der Waals surface area (Å²) in [4.78, 5) is 39.4. The van der Waals surface area contributed by atoms with Gasteiger partial charge in [0.1, 0.15) is 11.4 Å². The molecule has 0 saturated carbocycles. The number of ether oxygens (including phenoxy) is 2. The van der Waals surface area contributed by atoms with Crippen LogP contribution in [0.4, 0.5) is 10.5 Å². The van der Waals surface area contributed by atoms with Crippen LogP contribution in [0.2, 0.25) is 0 Å². The summed E-state index contributed by atoms with van der Waals surface area (Å²) < 4.78 is 10.7. The molecule has 1 saturated heterocycles. The average molecular weight is 361 g/mol. The van der Waals surface area contributed by atoms with Gasteiger partial charge in [0.2, 0.25) is 0 Å². The lowest BCUT2D eigenvalue weighted by atomic mass is 10.1. The molecular formula is C18H23N3O5. The average Bonchev–Trinajstić information content (AvgIpc) is 2.59. The van der Waals surface area contributed by atoms with Gasteiger partial charge < -0.3 is 24.6 Å². The number of carbonyl (C=O) groups is 3. The minimum Gasteiger partial charge on any atom is -0.482 e. The van der Waals surface area contributed by atoms with Crippen molar-refractivity contribution in [3.63, 3.8) is 0 Å². The highest BCUT2D eigenvalue weighted by Crippen LogP contribution is 2.29. The Balaban J connectivity index is 1.60. The molecule has 0 radical (unpaired) electrons. The first-order valence-electron chi connectivity index (χ1n) is 8.57. The number of rotatable bonds is 1. The molecule has 2 heterocycles. The van der Waals surface area contributed by atoms with Crippen LogP contribution in [-0.4, -0.2) is 66.1 Å². The van der Waals surface area contributed by atoms with Crippen molar-refractivity contribution in [2.75, 3.05) is 38.1 Å². The maximum atomic E-state index is 12.7. The third-order valence-corrected chi connectivity index (χ3v) is 4.08. The van der Waals surface area contributed by atoms with Crippen LogP contribution < -0.4 is 10.1 Å². The van der Waals surface area contributed by atoms with Crippen molar-refractivity contribution in [2.24, 2.45) is 0 Å². The number of anilines is 1. The Morgan fingerprint density at radius 3 is 2.42 bits per heavy atom. The zero-order chi connectivity index (χ0) is 18.9. The van der Waals surface area contributed by atoms with Crippen LogP contribution in [0, 0.1) is 0 Å². The third kappa shape index (κ3) is 4.07. The molecule has 1 fully saturated rings. The van der Waals surface area contributed by atoms with Crippen molar-refractivity contribution in [1.29, 1.82) is 0 Å². The molecule has 2 aliphatic heterocycles. The summed E-state index contributed by atoms with van der Waals surface area (Å²) in [6.07, 6.45) is -0.359. The van der Waals surface area contributed by atoms with E-state index in [0.717, 1.165) is 0 Å². The van der Waals surface area contributed by atoms with E-state index in [0.29, 0.717) is 43.2 Å². The van der Waals surface area contributed by atoms with Crippen LogP contribution in [-0.2, 0) is 9.53 Å². The lowest BCUT2D eigenvalue weighted by Gasteiger charge is -2.35. The van der Waals surface area contributed by atoms with E-state index in [4.69, 9.17) is 9.47 Å². The number of hydrogen-bond acceptors (Lipinski definition) is 5. The van der Waals surface area contributed by atoms with Gasteiger partial charge in [-0.2, -0.15) is 0 Å². The fraction of sp³-hybridized carbons (Fsp3) is 0.500. The number of nitrogens with zero attached hydrogens (tertiary/aromatic N) is 2. The minimum absolute atomic E-state index is 0.0563. The van der Waals surface area contributed by atoms with Gasteiger partial charge in [0.25, 0.3) is 11.8 Å². The molecular weight excluding hydrogens is 338 g/mol. The van der Waals surface area contributed by atoms with E-state index in [9.17, 15) is 14.4 Å². The zero-order valence-corrected chi connectivity index (χ0v) is 15.2. The summed E-state index contributed by atoms with van der Waals surface area (Å²) in [6.45, 7) is 7.15. The second-order valence-electron chi connectivity index (χ2n) is 7.31. The molecule has 0 aromatic heterocycles. The van der Waals surface area contributed by atoms with Crippen LogP contribution in [0.25, 0.3) is 0 Å². The van der Waals surface area contributed by atoms with E-state index in [-0.39, 0.29) is 24.5 Å². The van der Waals surface area contributed by atoms with Crippen LogP contribution >= 0.6 is 0 Å². The first kappa shape index (κ1) is 18.0. The van der Waals surface area contributed by atoms with Crippen molar-refractivity contribution in [3.05, 3.63) is 23.8 Å². The normalized spacial score (nSPS) is 17.1. The van der Waals surface area contributed by atoms with Gasteiger partial charge >= 0.3 is 6.09 Å². The quantitative estimate of drug-likeness (QED) is 0.823. The monoisotopic (exact) mass is 361 g/mol. The van der Waals surface area contributed by atoms with E-state index >= 15 is 0 Å². The number of fused-ring (bicyclic) bond motifs is 1. The molecule has 2 aliphatic rings. The Bertz CT molecular complexity index is 733. The predicted octanol–water partition coefficient (Wildman–Crippen LogP) is 1.71. The van der Waals surface area contributed by atoms with Crippen molar-refractivity contribution in [2.45, 2.75) is 26.4 Å². The number of hydrogen-bond donors (Lipinski definition) is 1. The van der Waals surface area contributed by atoms with Gasteiger partial charge in [0.05, 0.1) is 5.69 Å². The number of carbonyl (C=O) groups excluding carboxylic acids is 3. The molecule has 0 bridgehead atoms. The summed E-state index contributed by atoms with van der Waals surface area (Å²) in [6, 6.07) is 4.96. The molecule has 1 aromatic carbocycles. The Kier molecular flexibility index (Phi) is 4.76. The highest BCUT2D eigenvalue weighted by atomic mass is 16.6. The molecule has 26 heavy (non-hydrogen) atoms. The molecule has 1 N–H and O–H groups in total. The standard InChI is InChI=1S/C18H23N3O5/c1-18(2,3)26-17(24)21-8-6-20(7-9-21)16(23)12-4-5-13-14(10-12)25-11-15(22)19-13/h4-5,10H,6-9,11H2,1-3H3,(H,19,22). The second-order valence-corrected chi connectivity index (χ2v) is 7.31. The van der Waals surface area contributed by atoms with Crippen LogP contribution in [0.1, 0.15) is 31.1 Å².